The highest BCUT2D eigenvalue weighted by Gasteiger charge is 2.30. The smallest absolute Gasteiger partial charge is 0.417 e. The second-order valence-electron chi connectivity index (χ2n) is 4.04. The van der Waals surface area contributed by atoms with Crippen LogP contribution >= 0.6 is 11.8 Å². The molecule has 1 aromatic rings. The maximum absolute atomic E-state index is 12.3. The number of nitrogens with zero attached hydrogens (tertiary/aromatic N) is 1. The normalized spacial score (nSPS) is 12.8. The maximum atomic E-state index is 12.3. The van der Waals surface area contributed by atoms with E-state index in [9.17, 15) is 22.8 Å². The SMILES string of the molecule is CCC(NC(=O)CSc1ccc(C(F)(F)F)cn1)C(=O)O. The molecule has 5 nitrogen and oxygen atoms in total. The van der Waals surface area contributed by atoms with Crippen molar-refractivity contribution < 1.29 is 27.9 Å². The van der Waals surface area contributed by atoms with Crippen molar-refractivity contribution in [1.29, 1.82) is 0 Å². The summed E-state index contributed by atoms with van der Waals surface area (Å²) < 4.78 is 37.0. The number of hydrogen-bond acceptors (Lipinski definition) is 4. The van der Waals surface area contributed by atoms with E-state index in [2.05, 4.69) is 10.3 Å². The Morgan fingerprint density at radius 3 is 2.52 bits per heavy atom. The first-order valence-corrected chi connectivity index (χ1v) is 6.90. The molecule has 0 aromatic carbocycles. The molecular formula is C12H13F3N2O3S. The highest BCUT2D eigenvalue weighted by molar-refractivity contribution is 7.99. The summed E-state index contributed by atoms with van der Waals surface area (Å²) in [7, 11) is 0. The predicted octanol–water partition coefficient (Wildman–Crippen LogP) is 2.17. The molecule has 1 atom stereocenters. The molecule has 9 heteroatoms. The van der Waals surface area contributed by atoms with Crippen molar-refractivity contribution in [3.05, 3.63) is 23.9 Å². The minimum absolute atomic E-state index is 0.123. The van der Waals surface area contributed by atoms with Crippen LogP contribution in [0.2, 0.25) is 0 Å². The fraction of sp³-hybridized carbons (Fsp3) is 0.417. The van der Waals surface area contributed by atoms with Crippen molar-refractivity contribution in [2.75, 3.05) is 5.75 Å². The standard InChI is InChI=1S/C12H13F3N2O3S/c1-2-8(11(19)20)17-9(18)6-21-10-4-3-7(5-16-10)12(13,14)15/h3-5,8H,2,6H2,1H3,(H,17,18)(H,19,20). The lowest BCUT2D eigenvalue weighted by Gasteiger charge is -2.11. The van der Waals surface area contributed by atoms with E-state index in [1.807, 2.05) is 0 Å². The third-order valence-corrected chi connectivity index (χ3v) is 3.40. The Morgan fingerprint density at radius 2 is 2.10 bits per heavy atom. The third kappa shape index (κ3) is 5.62. The van der Waals surface area contributed by atoms with Gasteiger partial charge in [-0.3, -0.25) is 4.79 Å². The maximum Gasteiger partial charge on any atom is 0.417 e. The van der Waals surface area contributed by atoms with Gasteiger partial charge in [-0.15, -0.1) is 0 Å². The van der Waals surface area contributed by atoms with Gasteiger partial charge in [0, 0.05) is 6.20 Å². The molecule has 0 spiro atoms. The Balaban J connectivity index is 2.52. The Morgan fingerprint density at radius 1 is 1.43 bits per heavy atom. The van der Waals surface area contributed by atoms with Gasteiger partial charge in [-0.05, 0) is 18.6 Å². The summed E-state index contributed by atoms with van der Waals surface area (Å²) in [6.45, 7) is 1.61. The van der Waals surface area contributed by atoms with E-state index in [4.69, 9.17) is 5.11 Å². The number of aliphatic carboxylic acids is 1. The molecule has 0 saturated heterocycles. The average Bonchev–Trinajstić information content (AvgIpc) is 2.41. The number of nitrogens with one attached hydrogen (secondary N) is 1. The molecule has 0 aliphatic rings. The summed E-state index contributed by atoms with van der Waals surface area (Å²) in [5.74, 6) is -1.78. The zero-order valence-corrected chi connectivity index (χ0v) is 11.8. The van der Waals surface area contributed by atoms with E-state index < -0.39 is 29.7 Å². The lowest BCUT2D eigenvalue weighted by molar-refractivity contribution is -0.141. The highest BCUT2D eigenvalue weighted by Crippen LogP contribution is 2.29. The largest absolute Gasteiger partial charge is 0.480 e. The Bertz CT molecular complexity index is 505. The van der Waals surface area contributed by atoms with Crippen molar-refractivity contribution in [1.82, 2.24) is 10.3 Å². The van der Waals surface area contributed by atoms with E-state index in [0.29, 0.717) is 6.20 Å². The molecule has 2 N–H and O–H groups in total. The summed E-state index contributed by atoms with van der Waals surface area (Å²) in [4.78, 5) is 25.8. The topological polar surface area (TPSA) is 79.3 Å². The van der Waals surface area contributed by atoms with Gasteiger partial charge in [-0.2, -0.15) is 13.2 Å². The van der Waals surface area contributed by atoms with Crippen molar-refractivity contribution in [2.24, 2.45) is 0 Å². The van der Waals surface area contributed by atoms with Crippen LogP contribution in [-0.4, -0.2) is 33.8 Å². The van der Waals surface area contributed by atoms with E-state index in [-0.39, 0.29) is 17.2 Å². The average molecular weight is 322 g/mol. The van der Waals surface area contributed by atoms with Crippen LogP contribution < -0.4 is 5.32 Å². The van der Waals surface area contributed by atoms with Crippen LogP contribution in [-0.2, 0) is 15.8 Å². The summed E-state index contributed by atoms with van der Waals surface area (Å²) in [5.41, 5.74) is -0.867. The lowest BCUT2D eigenvalue weighted by atomic mass is 10.2. The van der Waals surface area contributed by atoms with Crippen LogP contribution in [0.3, 0.4) is 0 Å². The van der Waals surface area contributed by atoms with Crippen LogP contribution in [0.4, 0.5) is 13.2 Å². The highest BCUT2D eigenvalue weighted by atomic mass is 32.2. The minimum Gasteiger partial charge on any atom is -0.480 e. The summed E-state index contributed by atoms with van der Waals surface area (Å²) in [6, 6.07) is 1.06. The predicted molar refractivity (Wildman–Crippen MR) is 69.8 cm³/mol. The minimum atomic E-state index is -4.45. The Hall–Kier alpha value is -1.77. The number of amides is 1. The molecule has 0 aliphatic carbocycles. The number of pyridine rings is 1. The van der Waals surface area contributed by atoms with Gasteiger partial charge in [0.2, 0.25) is 5.91 Å². The van der Waals surface area contributed by atoms with Crippen molar-refractivity contribution in [2.45, 2.75) is 30.6 Å². The summed E-state index contributed by atoms with van der Waals surface area (Å²) >= 11 is 0.929. The molecule has 0 radical (unpaired) electrons. The fourth-order valence-corrected chi connectivity index (χ4v) is 2.00. The molecule has 1 aromatic heterocycles. The monoisotopic (exact) mass is 322 g/mol. The van der Waals surface area contributed by atoms with Crippen LogP contribution in [0.25, 0.3) is 0 Å². The van der Waals surface area contributed by atoms with Crippen LogP contribution in [0, 0.1) is 0 Å². The second-order valence-corrected chi connectivity index (χ2v) is 5.03. The van der Waals surface area contributed by atoms with Crippen LogP contribution in [0.1, 0.15) is 18.9 Å². The van der Waals surface area contributed by atoms with Crippen molar-refractivity contribution in [3.8, 4) is 0 Å². The first-order chi connectivity index (χ1) is 9.74. The number of thioether (sulfide) groups is 1. The van der Waals surface area contributed by atoms with E-state index >= 15 is 0 Å². The molecule has 0 bridgehead atoms. The molecule has 0 aliphatic heterocycles. The molecule has 0 fully saturated rings. The molecule has 0 saturated carbocycles. The molecule has 1 unspecified atom stereocenters. The first-order valence-electron chi connectivity index (χ1n) is 5.92. The van der Waals surface area contributed by atoms with Gasteiger partial charge in [-0.1, -0.05) is 18.7 Å². The molecule has 21 heavy (non-hydrogen) atoms. The summed E-state index contributed by atoms with van der Waals surface area (Å²) in [6.07, 6.45) is -3.53. The fourth-order valence-electron chi connectivity index (χ4n) is 1.35. The van der Waals surface area contributed by atoms with Gasteiger partial charge < -0.3 is 10.4 Å². The first kappa shape index (κ1) is 17.3. The van der Waals surface area contributed by atoms with Gasteiger partial charge in [-0.25, -0.2) is 9.78 Å². The Labute approximate surface area is 122 Å². The van der Waals surface area contributed by atoms with Gasteiger partial charge in [0.25, 0.3) is 0 Å². The molecule has 1 rings (SSSR count). The number of alkyl halides is 3. The van der Waals surface area contributed by atoms with Crippen LogP contribution in [0.5, 0.6) is 0 Å². The zero-order valence-electron chi connectivity index (χ0n) is 11.0. The molecule has 116 valence electrons. The summed E-state index contributed by atoms with van der Waals surface area (Å²) in [5, 5.41) is 11.3. The third-order valence-electron chi connectivity index (χ3n) is 2.46. The van der Waals surface area contributed by atoms with Crippen molar-refractivity contribution >= 4 is 23.6 Å². The van der Waals surface area contributed by atoms with Gasteiger partial charge in [0.05, 0.1) is 16.3 Å². The zero-order chi connectivity index (χ0) is 16.0. The number of carbonyl (C=O) groups excluding carboxylic acids is 1. The number of carboxylic acid groups (broad SMARTS) is 1. The van der Waals surface area contributed by atoms with Gasteiger partial charge >= 0.3 is 12.1 Å². The number of rotatable bonds is 6. The number of carboxylic acids is 1. The van der Waals surface area contributed by atoms with E-state index in [1.54, 1.807) is 6.92 Å². The number of aromatic nitrogens is 1. The van der Waals surface area contributed by atoms with E-state index in [1.165, 1.54) is 0 Å². The molecule has 1 amide bonds. The second kappa shape index (κ2) is 7.30. The molecular weight excluding hydrogens is 309 g/mol. The lowest BCUT2D eigenvalue weighted by Crippen LogP contribution is -2.41. The quantitative estimate of drug-likeness (QED) is 0.785. The van der Waals surface area contributed by atoms with Gasteiger partial charge in [0.15, 0.2) is 0 Å². The number of hydrogen-bond donors (Lipinski definition) is 2. The Kier molecular flexibility index (Phi) is 6.01. The van der Waals surface area contributed by atoms with Gasteiger partial charge in [0.1, 0.15) is 6.04 Å². The number of halogens is 3. The number of carbonyl (C=O) groups is 2. The van der Waals surface area contributed by atoms with Crippen LogP contribution in [0.15, 0.2) is 23.4 Å². The molecule has 1 heterocycles. The van der Waals surface area contributed by atoms with Crippen molar-refractivity contribution in [3.63, 3.8) is 0 Å². The van der Waals surface area contributed by atoms with E-state index in [0.717, 1.165) is 23.9 Å².